The Morgan fingerprint density at radius 1 is 1.54 bits per heavy atom. The van der Waals surface area contributed by atoms with Crippen molar-refractivity contribution in [2.24, 2.45) is 16.3 Å². The highest BCUT2D eigenvalue weighted by atomic mass is 32.1. The van der Waals surface area contributed by atoms with E-state index >= 15 is 0 Å². The minimum atomic E-state index is 0.204. The van der Waals surface area contributed by atoms with Crippen LogP contribution in [-0.2, 0) is 0 Å². The number of hydrogen-bond donors (Lipinski definition) is 2. The second kappa shape index (κ2) is 4.05. The van der Waals surface area contributed by atoms with E-state index < -0.39 is 0 Å². The van der Waals surface area contributed by atoms with E-state index in [0.717, 1.165) is 6.42 Å². The predicted molar refractivity (Wildman–Crippen MR) is 59.6 cm³/mol. The van der Waals surface area contributed by atoms with Gasteiger partial charge < -0.3 is 5.73 Å². The molecule has 13 heavy (non-hydrogen) atoms. The normalized spacial score (nSPS) is 24.3. The number of thiocarbonyl (C=S) groups is 1. The molecule has 0 bridgehead atoms. The highest BCUT2D eigenvalue weighted by molar-refractivity contribution is 7.80. The topological polar surface area (TPSA) is 50.4 Å². The Kier molecular flexibility index (Phi) is 3.25. The largest absolute Gasteiger partial charge is 0.375 e. The number of nitrogens with two attached hydrogens (primary N) is 1. The van der Waals surface area contributed by atoms with E-state index in [2.05, 4.69) is 24.4 Å². The number of nitrogens with zero attached hydrogens (tertiary/aromatic N) is 1. The molecule has 0 heterocycles. The molecule has 3 N–H and O–H groups in total. The third kappa shape index (κ3) is 2.95. The first-order chi connectivity index (χ1) is 6.02. The van der Waals surface area contributed by atoms with Crippen molar-refractivity contribution < 1.29 is 0 Å². The Labute approximate surface area is 84.8 Å². The number of hydrazone groups is 1. The summed E-state index contributed by atoms with van der Waals surface area (Å²) in [6.07, 6.45) is 4.77. The summed E-state index contributed by atoms with van der Waals surface area (Å²) in [5.41, 5.74) is 9.37. The number of nitrogens with one attached hydrogen (secondary N) is 1. The molecular weight excluding hydrogens is 182 g/mol. The van der Waals surface area contributed by atoms with E-state index in [4.69, 9.17) is 18.0 Å². The molecule has 0 aromatic heterocycles. The SMILES string of the molecule is CC1(C)CCCC/C1=N\NC(N)=S. The first-order valence-corrected chi connectivity index (χ1v) is 5.06. The maximum absolute atomic E-state index is 5.31. The summed E-state index contributed by atoms with van der Waals surface area (Å²) in [7, 11) is 0. The highest BCUT2D eigenvalue weighted by Gasteiger charge is 2.28. The summed E-state index contributed by atoms with van der Waals surface area (Å²) in [6.45, 7) is 4.43. The van der Waals surface area contributed by atoms with Crippen LogP contribution >= 0.6 is 12.2 Å². The number of rotatable bonds is 1. The fourth-order valence-corrected chi connectivity index (χ4v) is 1.72. The summed E-state index contributed by atoms with van der Waals surface area (Å²) in [5, 5.41) is 4.48. The average Bonchev–Trinajstić information content (AvgIpc) is 2.01. The Hall–Kier alpha value is -0.640. The van der Waals surface area contributed by atoms with Gasteiger partial charge >= 0.3 is 0 Å². The van der Waals surface area contributed by atoms with Gasteiger partial charge in [0, 0.05) is 11.1 Å². The van der Waals surface area contributed by atoms with E-state index in [1.165, 1.54) is 25.0 Å². The van der Waals surface area contributed by atoms with Gasteiger partial charge in [0.15, 0.2) is 5.11 Å². The minimum absolute atomic E-state index is 0.204. The first-order valence-electron chi connectivity index (χ1n) is 4.65. The average molecular weight is 199 g/mol. The molecule has 3 nitrogen and oxygen atoms in total. The molecule has 0 saturated heterocycles. The second-order valence-electron chi connectivity index (χ2n) is 4.13. The molecule has 0 radical (unpaired) electrons. The molecule has 0 unspecified atom stereocenters. The van der Waals surface area contributed by atoms with Gasteiger partial charge in [-0.15, -0.1) is 0 Å². The van der Waals surface area contributed by atoms with Gasteiger partial charge in [-0.25, -0.2) is 0 Å². The molecule has 1 aliphatic rings. The van der Waals surface area contributed by atoms with Crippen LogP contribution in [-0.4, -0.2) is 10.8 Å². The highest BCUT2D eigenvalue weighted by Crippen LogP contribution is 2.32. The lowest BCUT2D eigenvalue weighted by Crippen LogP contribution is -2.32. The van der Waals surface area contributed by atoms with Crippen LogP contribution in [0.3, 0.4) is 0 Å². The van der Waals surface area contributed by atoms with Crippen molar-refractivity contribution in [2.75, 3.05) is 0 Å². The van der Waals surface area contributed by atoms with Crippen molar-refractivity contribution in [1.82, 2.24) is 5.43 Å². The van der Waals surface area contributed by atoms with Gasteiger partial charge in [0.1, 0.15) is 0 Å². The van der Waals surface area contributed by atoms with Gasteiger partial charge in [0.25, 0.3) is 0 Å². The van der Waals surface area contributed by atoms with E-state index in [-0.39, 0.29) is 10.5 Å². The molecule has 4 heteroatoms. The second-order valence-corrected chi connectivity index (χ2v) is 4.57. The molecule has 1 saturated carbocycles. The van der Waals surface area contributed by atoms with E-state index in [1.807, 2.05) is 0 Å². The zero-order valence-corrected chi connectivity index (χ0v) is 9.08. The van der Waals surface area contributed by atoms with E-state index in [1.54, 1.807) is 0 Å². The Balaban J connectivity index is 2.64. The zero-order valence-electron chi connectivity index (χ0n) is 8.26. The lowest BCUT2D eigenvalue weighted by atomic mass is 9.76. The van der Waals surface area contributed by atoms with Crippen LogP contribution in [0.5, 0.6) is 0 Å². The molecule has 74 valence electrons. The van der Waals surface area contributed by atoms with Crippen LogP contribution in [0.15, 0.2) is 5.10 Å². The summed E-state index contributed by atoms with van der Waals surface area (Å²) in [4.78, 5) is 0. The van der Waals surface area contributed by atoms with Crippen molar-refractivity contribution >= 4 is 23.0 Å². The third-order valence-electron chi connectivity index (χ3n) is 2.55. The fraction of sp³-hybridized carbons (Fsp3) is 0.778. The molecular formula is C9H17N3S. The summed E-state index contributed by atoms with van der Waals surface area (Å²) < 4.78 is 0. The van der Waals surface area contributed by atoms with Crippen molar-refractivity contribution in [1.29, 1.82) is 0 Å². The van der Waals surface area contributed by atoms with Crippen LogP contribution in [0.25, 0.3) is 0 Å². The summed E-state index contributed by atoms with van der Waals surface area (Å²) >= 11 is 4.70. The lowest BCUT2D eigenvalue weighted by Gasteiger charge is -2.30. The van der Waals surface area contributed by atoms with Crippen LogP contribution in [0.2, 0.25) is 0 Å². The van der Waals surface area contributed by atoms with Crippen LogP contribution in [0.4, 0.5) is 0 Å². The molecule has 0 aliphatic heterocycles. The number of hydrogen-bond acceptors (Lipinski definition) is 2. The minimum Gasteiger partial charge on any atom is -0.375 e. The first kappa shape index (κ1) is 10.4. The van der Waals surface area contributed by atoms with E-state index in [9.17, 15) is 0 Å². The monoisotopic (exact) mass is 199 g/mol. The quantitative estimate of drug-likeness (QED) is 0.500. The van der Waals surface area contributed by atoms with Crippen molar-refractivity contribution in [3.05, 3.63) is 0 Å². The van der Waals surface area contributed by atoms with Gasteiger partial charge in [-0.05, 0) is 31.5 Å². The molecule has 1 aliphatic carbocycles. The Morgan fingerprint density at radius 2 is 2.23 bits per heavy atom. The fourth-order valence-electron chi connectivity index (χ4n) is 1.67. The molecule has 0 aromatic carbocycles. The predicted octanol–water partition coefficient (Wildman–Crippen LogP) is 1.78. The zero-order chi connectivity index (χ0) is 9.90. The van der Waals surface area contributed by atoms with Gasteiger partial charge in [-0.2, -0.15) is 5.10 Å². The van der Waals surface area contributed by atoms with Crippen molar-refractivity contribution in [2.45, 2.75) is 39.5 Å². The molecule has 0 aromatic rings. The van der Waals surface area contributed by atoms with Crippen molar-refractivity contribution in [3.8, 4) is 0 Å². The van der Waals surface area contributed by atoms with Crippen LogP contribution < -0.4 is 11.2 Å². The molecule has 0 spiro atoms. The van der Waals surface area contributed by atoms with Crippen molar-refractivity contribution in [3.63, 3.8) is 0 Å². The van der Waals surface area contributed by atoms with Gasteiger partial charge in [-0.3, -0.25) is 5.43 Å². The van der Waals surface area contributed by atoms with E-state index in [0.29, 0.717) is 0 Å². The van der Waals surface area contributed by atoms with Crippen LogP contribution in [0.1, 0.15) is 39.5 Å². The smallest absolute Gasteiger partial charge is 0.184 e. The summed E-state index contributed by atoms with van der Waals surface area (Å²) in [5.74, 6) is 0. The van der Waals surface area contributed by atoms with Crippen LogP contribution in [0, 0.1) is 5.41 Å². The maximum atomic E-state index is 5.31. The summed E-state index contributed by atoms with van der Waals surface area (Å²) in [6, 6.07) is 0. The Morgan fingerprint density at radius 3 is 2.77 bits per heavy atom. The lowest BCUT2D eigenvalue weighted by molar-refractivity contribution is 0.408. The van der Waals surface area contributed by atoms with Gasteiger partial charge in [0.2, 0.25) is 0 Å². The third-order valence-corrected chi connectivity index (χ3v) is 2.64. The van der Waals surface area contributed by atoms with Gasteiger partial charge in [-0.1, -0.05) is 20.3 Å². The Bertz CT molecular complexity index is 233. The molecule has 0 amide bonds. The molecule has 0 atom stereocenters. The molecule has 1 fully saturated rings. The van der Waals surface area contributed by atoms with Gasteiger partial charge in [0.05, 0.1) is 0 Å². The standard InChI is InChI=1S/C9H17N3S/c1-9(2)6-4-3-5-7(9)11-12-8(10)13/h3-6H2,1-2H3,(H3,10,12,13)/b11-7+. The molecule has 1 rings (SSSR count). The maximum Gasteiger partial charge on any atom is 0.184 e.